The molecule has 124 valence electrons. The normalized spacial score (nSPS) is 13.2. The average Bonchev–Trinajstić information content (AvgIpc) is 2.47. The fourth-order valence-corrected chi connectivity index (χ4v) is 2.34. The van der Waals surface area contributed by atoms with E-state index in [9.17, 15) is 14.4 Å². The van der Waals surface area contributed by atoms with Crippen molar-refractivity contribution in [2.45, 2.75) is 40.5 Å². The van der Waals surface area contributed by atoms with E-state index in [4.69, 9.17) is 0 Å². The number of carbonyl (C=O) groups is 1. The number of allylic oxidation sites excluding steroid dienone is 6. The van der Waals surface area contributed by atoms with E-state index in [1.807, 2.05) is 45.9 Å². The molecule has 1 aromatic heterocycles. The minimum absolute atomic E-state index is 0.154. The topological polar surface area (TPSA) is 71.9 Å². The summed E-state index contributed by atoms with van der Waals surface area (Å²) in [6, 6.07) is 0. The summed E-state index contributed by atoms with van der Waals surface area (Å²) >= 11 is 0. The molecule has 0 saturated carbocycles. The van der Waals surface area contributed by atoms with Crippen LogP contribution in [0.1, 0.15) is 56.6 Å². The number of carbonyl (C=O) groups excluding carboxylic acids is 1. The summed E-state index contributed by atoms with van der Waals surface area (Å²) in [5.74, 6) is -0.482. The summed E-state index contributed by atoms with van der Waals surface area (Å²) in [6.07, 6.45) is 7.41. The highest BCUT2D eigenvalue weighted by atomic mass is 16.2. The highest BCUT2D eigenvalue weighted by Crippen LogP contribution is 2.17. The van der Waals surface area contributed by atoms with Crippen molar-refractivity contribution in [3.05, 3.63) is 67.5 Å². The summed E-state index contributed by atoms with van der Waals surface area (Å²) in [5, 5.41) is 0. The fourth-order valence-electron chi connectivity index (χ4n) is 2.34. The molecule has 0 radical (unpaired) electrons. The van der Waals surface area contributed by atoms with E-state index in [0.29, 0.717) is 11.1 Å². The van der Waals surface area contributed by atoms with Crippen LogP contribution in [0.3, 0.4) is 0 Å². The molecule has 0 saturated heterocycles. The first-order chi connectivity index (χ1) is 10.7. The molecule has 0 spiro atoms. The van der Waals surface area contributed by atoms with E-state index in [2.05, 4.69) is 4.98 Å². The molecule has 0 aliphatic carbocycles. The van der Waals surface area contributed by atoms with Gasteiger partial charge in [0.15, 0.2) is 0 Å². The van der Waals surface area contributed by atoms with Crippen LogP contribution in [0, 0.1) is 0 Å². The molecular weight excluding hydrogens is 292 g/mol. The number of nitrogens with one attached hydrogen (secondary N) is 1. The van der Waals surface area contributed by atoms with Gasteiger partial charge in [0.2, 0.25) is 5.78 Å². The van der Waals surface area contributed by atoms with Crippen molar-refractivity contribution < 1.29 is 4.79 Å². The van der Waals surface area contributed by atoms with Crippen LogP contribution in [0.4, 0.5) is 0 Å². The van der Waals surface area contributed by atoms with Gasteiger partial charge in [0.1, 0.15) is 5.69 Å². The Balaban J connectivity index is 3.52. The molecule has 0 fully saturated rings. The van der Waals surface area contributed by atoms with Gasteiger partial charge in [-0.3, -0.25) is 19.1 Å². The van der Waals surface area contributed by atoms with Crippen molar-refractivity contribution in [3.63, 3.8) is 0 Å². The van der Waals surface area contributed by atoms with Gasteiger partial charge in [-0.05, 0) is 32.3 Å². The molecule has 0 amide bonds. The number of H-pyrrole nitrogens is 1. The maximum atomic E-state index is 12.8. The molecule has 0 unspecified atom stereocenters. The van der Waals surface area contributed by atoms with Gasteiger partial charge in [-0.1, -0.05) is 43.7 Å². The van der Waals surface area contributed by atoms with Crippen LogP contribution in [0.5, 0.6) is 0 Å². The van der Waals surface area contributed by atoms with Crippen LogP contribution >= 0.6 is 0 Å². The second kappa shape index (κ2) is 7.72. The minimum atomic E-state index is -0.586. The van der Waals surface area contributed by atoms with Crippen molar-refractivity contribution in [1.29, 1.82) is 0 Å². The first kappa shape index (κ1) is 18.6. The van der Waals surface area contributed by atoms with Gasteiger partial charge in [0, 0.05) is 12.6 Å². The number of Topliss-reactive ketones (excluding diaryl/α,β-unsaturated/α-hetero) is 1. The Morgan fingerprint density at radius 2 is 1.83 bits per heavy atom. The van der Waals surface area contributed by atoms with Crippen molar-refractivity contribution in [2.75, 3.05) is 0 Å². The number of rotatable bonds is 5. The third-order valence-electron chi connectivity index (χ3n) is 3.51. The third kappa shape index (κ3) is 4.28. The van der Waals surface area contributed by atoms with Gasteiger partial charge in [0.25, 0.3) is 5.56 Å². The van der Waals surface area contributed by atoms with Crippen molar-refractivity contribution in [3.8, 4) is 0 Å². The lowest BCUT2D eigenvalue weighted by molar-refractivity contribution is 0.102. The SMILES string of the molecule is C\C=C/C=C(C)\C=C(/C)C(=O)c1c(C(C)C)c(=O)[nH]c(=O)n1C. The fraction of sp³-hybridized carbons (Fsp3) is 0.389. The lowest BCUT2D eigenvalue weighted by atomic mass is 9.97. The van der Waals surface area contributed by atoms with Crippen LogP contribution in [0.2, 0.25) is 0 Å². The molecule has 5 nitrogen and oxygen atoms in total. The highest BCUT2D eigenvalue weighted by molar-refractivity contribution is 6.08. The average molecular weight is 316 g/mol. The Kier molecular flexibility index (Phi) is 6.25. The molecule has 23 heavy (non-hydrogen) atoms. The van der Waals surface area contributed by atoms with Crippen LogP contribution in [-0.4, -0.2) is 15.3 Å². The standard InChI is InChI=1S/C18H24N2O3/c1-7-8-9-12(4)10-13(5)16(21)15-14(11(2)3)17(22)19-18(23)20(15)6/h7-11H,1-6H3,(H,19,22,23)/b8-7-,12-9-,13-10+. The first-order valence-electron chi connectivity index (χ1n) is 7.56. The molecule has 0 aliphatic heterocycles. The van der Waals surface area contributed by atoms with Gasteiger partial charge in [-0.15, -0.1) is 0 Å². The predicted octanol–water partition coefficient (Wildman–Crippen LogP) is 2.85. The number of hydrogen-bond donors (Lipinski definition) is 1. The number of hydrogen-bond acceptors (Lipinski definition) is 3. The summed E-state index contributed by atoms with van der Waals surface area (Å²) in [4.78, 5) is 39.0. The second-order valence-corrected chi connectivity index (χ2v) is 5.83. The quantitative estimate of drug-likeness (QED) is 0.516. The molecule has 1 heterocycles. The molecule has 5 heteroatoms. The van der Waals surface area contributed by atoms with Crippen LogP contribution in [0.25, 0.3) is 0 Å². The van der Waals surface area contributed by atoms with Crippen molar-refractivity contribution in [1.82, 2.24) is 9.55 Å². The van der Waals surface area contributed by atoms with Crippen LogP contribution < -0.4 is 11.2 Å². The molecule has 1 aromatic rings. The Morgan fingerprint density at radius 3 is 2.35 bits per heavy atom. The zero-order valence-electron chi connectivity index (χ0n) is 14.6. The van der Waals surface area contributed by atoms with Gasteiger partial charge in [-0.25, -0.2) is 4.79 Å². The molecule has 1 rings (SSSR count). The number of nitrogens with zero attached hydrogens (tertiary/aromatic N) is 1. The van der Waals surface area contributed by atoms with Crippen molar-refractivity contribution in [2.24, 2.45) is 7.05 Å². The Labute approximate surface area is 136 Å². The van der Waals surface area contributed by atoms with E-state index >= 15 is 0 Å². The monoisotopic (exact) mass is 316 g/mol. The van der Waals surface area contributed by atoms with Gasteiger partial charge in [0.05, 0.1) is 0 Å². The third-order valence-corrected chi connectivity index (χ3v) is 3.51. The Bertz CT molecular complexity index is 803. The molecule has 0 aromatic carbocycles. The van der Waals surface area contributed by atoms with E-state index in [1.54, 1.807) is 13.0 Å². The largest absolute Gasteiger partial charge is 0.328 e. The molecule has 0 bridgehead atoms. The summed E-state index contributed by atoms with van der Waals surface area (Å²) in [5.41, 5.74) is 0.791. The van der Waals surface area contributed by atoms with Gasteiger partial charge >= 0.3 is 5.69 Å². The minimum Gasteiger partial charge on any atom is -0.293 e. The Morgan fingerprint density at radius 1 is 1.22 bits per heavy atom. The molecular formula is C18H24N2O3. The van der Waals surface area contributed by atoms with E-state index in [-0.39, 0.29) is 17.4 Å². The summed E-state index contributed by atoms with van der Waals surface area (Å²) in [7, 11) is 1.49. The summed E-state index contributed by atoms with van der Waals surface area (Å²) in [6.45, 7) is 9.12. The lowest BCUT2D eigenvalue weighted by Crippen LogP contribution is -2.36. The predicted molar refractivity (Wildman–Crippen MR) is 93.1 cm³/mol. The van der Waals surface area contributed by atoms with Crippen LogP contribution in [-0.2, 0) is 7.05 Å². The zero-order valence-corrected chi connectivity index (χ0v) is 14.6. The second-order valence-electron chi connectivity index (χ2n) is 5.83. The molecule has 0 atom stereocenters. The zero-order chi connectivity index (χ0) is 17.7. The highest BCUT2D eigenvalue weighted by Gasteiger charge is 2.22. The lowest BCUT2D eigenvalue weighted by Gasteiger charge is -2.14. The summed E-state index contributed by atoms with van der Waals surface area (Å²) < 4.78 is 1.21. The number of aromatic amines is 1. The molecule has 0 aliphatic rings. The smallest absolute Gasteiger partial charge is 0.293 e. The van der Waals surface area contributed by atoms with Crippen molar-refractivity contribution >= 4 is 5.78 Å². The van der Waals surface area contributed by atoms with E-state index < -0.39 is 11.2 Å². The Hall–Kier alpha value is -2.43. The number of aromatic nitrogens is 2. The van der Waals surface area contributed by atoms with E-state index in [0.717, 1.165) is 5.57 Å². The maximum absolute atomic E-state index is 12.8. The molecule has 1 N–H and O–H groups in total. The van der Waals surface area contributed by atoms with Gasteiger partial charge in [-0.2, -0.15) is 0 Å². The van der Waals surface area contributed by atoms with Gasteiger partial charge < -0.3 is 0 Å². The van der Waals surface area contributed by atoms with E-state index in [1.165, 1.54) is 11.6 Å². The first-order valence-corrected chi connectivity index (χ1v) is 7.56. The maximum Gasteiger partial charge on any atom is 0.328 e. The van der Waals surface area contributed by atoms with Crippen LogP contribution in [0.15, 0.2) is 45.0 Å². The number of ketones is 1.